The van der Waals surface area contributed by atoms with Crippen LogP contribution in [-0.2, 0) is 0 Å². The summed E-state index contributed by atoms with van der Waals surface area (Å²) in [6.45, 7) is 5.18. The minimum Gasteiger partial charge on any atom is -0.490 e. The van der Waals surface area contributed by atoms with Crippen molar-refractivity contribution in [1.82, 2.24) is 5.43 Å². The zero-order valence-electron chi connectivity index (χ0n) is 12.2. The number of nitrogens with one attached hydrogen (secondary N) is 1. The molecule has 7 heteroatoms. The van der Waals surface area contributed by atoms with Crippen molar-refractivity contribution in [2.45, 2.75) is 26.7 Å². The predicted molar refractivity (Wildman–Crippen MR) is 86.0 cm³/mol. The molecule has 0 bridgehead atoms. The lowest BCUT2D eigenvalue weighted by Crippen LogP contribution is -2.24. The molecule has 0 atom stereocenters. The van der Waals surface area contributed by atoms with Gasteiger partial charge in [-0.2, -0.15) is 5.10 Å². The summed E-state index contributed by atoms with van der Waals surface area (Å²) >= 11 is 3.44. The molecule has 2 amide bonds. The van der Waals surface area contributed by atoms with Crippen molar-refractivity contribution in [3.63, 3.8) is 0 Å². The Hall–Kier alpha value is -1.76. The van der Waals surface area contributed by atoms with Gasteiger partial charge in [-0.05, 0) is 41.4 Å². The van der Waals surface area contributed by atoms with E-state index >= 15 is 0 Å². The zero-order valence-corrected chi connectivity index (χ0v) is 13.8. The molecule has 6 nitrogen and oxygen atoms in total. The quantitative estimate of drug-likeness (QED) is 0.426. The number of amides is 2. The SMILES string of the molecule is CCCCOc1cc(Br)c(C=NNC(N)=O)cc1OCC. The third kappa shape index (κ3) is 6.03. The second-order valence-corrected chi connectivity index (χ2v) is 5.04. The molecule has 0 heterocycles. The van der Waals surface area contributed by atoms with Crippen LogP contribution in [-0.4, -0.2) is 25.5 Å². The minimum atomic E-state index is -0.716. The van der Waals surface area contributed by atoms with Crippen LogP contribution in [0.5, 0.6) is 11.5 Å². The van der Waals surface area contributed by atoms with Gasteiger partial charge in [0, 0.05) is 10.0 Å². The molecule has 0 aliphatic heterocycles. The molecular formula is C14H20BrN3O3. The lowest BCUT2D eigenvalue weighted by molar-refractivity contribution is 0.249. The molecule has 0 radical (unpaired) electrons. The predicted octanol–water partition coefficient (Wildman–Crippen LogP) is 3.03. The van der Waals surface area contributed by atoms with E-state index in [1.54, 1.807) is 6.07 Å². The molecule has 0 aliphatic rings. The topological polar surface area (TPSA) is 85.9 Å². The number of hydrogen-bond donors (Lipinski definition) is 2. The number of rotatable bonds is 8. The van der Waals surface area contributed by atoms with Crippen molar-refractivity contribution in [2.75, 3.05) is 13.2 Å². The molecule has 0 saturated heterocycles. The standard InChI is InChI=1S/C14H20BrN3O3/c1-3-5-6-21-13-8-11(15)10(7-12(13)20-4-2)9-17-18-14(16)19/h7-9H,3-6H2,1-2H3,(H3,16,18,19). The van der Waals surface area contributed by atoms with Gasteiger partial charge in [-0.3, -0.25) is 0 Å². The average molecular weight is 358 g/mol. The number of nitrogens with zero attached hydrogens (tertiary/aromatic N) is 1. The molecular weight excluding hydrogens is 338 g/mol. The fourth-order valence-electron chi connectivity index (χ4n) is 1.52. The largest absolute Gasteiger partial charge is 0.490 e. The molecule has 0 unspecified atom stereocenters. The Bertz CT molecular complexity index is 506. The van der Waals surface area contributed by atoms with Crippen molar-refractivity contribution < 1.29 is 14.3 Å². The number of benzene rings is 1. The number of nitrogens with two attached hydrogens (primary N) is 1. The van der Waals surface area contributed by atoms with Crippen LogP contribution in [0.15, 0.2) is 21.7 Å². The number of unbranched alkanes of at least 4 members (excludes halogenated alkanes) is 1. The van der Waals surface area contributed by atoms with Crippen molar-refractivity contribution in [3.8, 4) is 11.5 Å². The van der Waals surface area contributed by atoms with E-state index in [1.807, 2.05) is 13.0 Å². The first kappa shape index (κ1) is 17.3. The Morgan fingerprint density at radius 1 is 1.38 bits per heavy atom. The van der Waals surface area contributed by atoms with Crippen molar-refractivity contribution in [2.24, 2.45) is 10.8 Å². The Morgan fingerprint density at radius 3 is 2.71 bits per heavy atom. The Labute approximate surface area is 132 Å². The van der Waals surface area contributed by atoms with Gasteiger partial charge in [0.2, 0.25) is 0 Å². The zero-order chi connectivity index (χ0) is 15.7. The van der Waals surface area contributed by atoms with Crippen LogP contribution in [0, 0.1) is 0 Å². The lowest BCUT2D eigenvalue weighted by atomic mass is 10.2. The van der Waals surface area contributed by atoms with Gasteiger partial charge in [0.25, 0.3) is 0 Å². The van der Waals surface area contributed by atoms with Crippen molar-refractivity contribution >= 4 is 28.2 Å². The first-order valence-electron chi connectivity index (χ1n) is 6.76. The number of halogens is 1. The van der Waals surface area contributed by atoms with E-state index in [2.05, 4.69) is 33.4 Å². The molecule has 0 aromatic heterocycles. The summed E-state index contributed by atoms with van der Waals surface area (Å²) in [4.78, 5) is 10.6. The highest BCUT2D eigenvalue weighted by Gasteiger charge is 2.10. The van der Waals surface area contributed by atoms with E-state index < -0.39 is 6.03 Å². The first-order chi connectivity index (χ1) is 10.1. The number of urea groups is 1. The maximum atomic E-state index is 10.6. The average Bonchev–Trinajstić information content (AvgIpc) is 2.43. The monoisotopic (exact) mass is 357 g/mol. The van der Waals surface area contributed by atoms with Gasteiger partial charge in [-0.1, -0.05) is 13.3 Å². The summed E-state index contributed by atoms with van der Waals surface area (Å²) < 4.78 is 12.1. The fraction of sp³-hybridized carbons (Fsp3) is 0.429. The van der Waals surface area contributed by atoms with Crippen molar-refractivity contribution in [1.29, 1.82) is 0 Å². The fourth-order valence-corrected chi connectivity index (χ4v) is 1.95. The molecule has 0 spiro atoms. The van der Waals surface area contributed by atoms with E-state index in [4.69, 9.17) is 15.2 Å². The van der Waals surface area contributed by atoms with Crippen molar-refractivity contribution in [3.05, 3.63) is 22.2 Å². The Morgan fingerprint density at radius 2 is 2.10 bits per heavy atom. The molecule has 3 N–H and O–H groups in total. The summed E-state index contributed by atoms with van der Waals surface area (Å²) in [5.41, 5.74) is 7.83. The van der Waals surface area contributed by atoms with Gasteiger partial charge >= 0.3 is 6.03 Å². The van der Waals surface area contributed by atoms with Gasteiger partial charge in [0.15, 0.2) is 11.5 Å². The number of carbonyl (C=O) groups excluding carboxylic acids is 1. The Balaban J connectivity index is 2.93. The summed E-state index contributed by atoms with van der Waals surface area (Å²) in [7, 11) is 0. The highest BCUT2D eigenvalue weighted by atomic mass is 79.9. The third-order valence-electron chi connectivity index (χ3n) is 2.50. The molecule has 116 valence electrons. The van der Waals surface area contributed by atoms with Gasteiger partial charge in [-0.15, -0.1) is 0 Å². The van der Waals surface area contributed by atoms with Gasteiger partial charge < -0.3 is 15.2 Å². The van der Waals surface area contributed by atoms with E-state index in [0.717, 1.165) is 22.9 Å². The minimum absolute atomic E-state index is 0.530. The van der Waals surface area contributed by atoms with Crippen LogP contribution < -0.4 is 20.6 Å². The molecule has 0 aliphatic carbocycles. The van der Waals surface area contributed by atoms with E-state index in [-0.39, 0.29) is 0 Å². The summed E-state index contributed by atoms with van der Waals surface area (Å²) in [6, 6.07) is 2.90. The maximum absolute atomic E-state index is 10.6. The van der Waals surface area contributed by atoms with Gasteiger partial charge in [0.1, 0.15) is 0 Å². The summed E-state index contributed by atoms with van der Waals surface area (Å²) in [5.74, 6) is 1.31. The highest BCUT2D eigenvalue weighted by molar-refractivity contribution is 9.10. The number of hydrogen-bond acceptors (Lipinski definition) is 4. The lowest BCUT2D eigenvalue weighted by Gasteiger charge is -2.13. The molecule has 1 aromatic rings. The third-order valence-corrected chi connectivity index (χ3v) is 3.18. The highest BCUT2D eigenvalue weighted by Crippen LogP contribution is 2.33. The van der Waals surface area contributed by atoms with E-state index in [1.165, 1.54) is 6.21 Å². The molecule has 1 rings (SSSR count). The van der Waals surface area contributed by atoms with E-state index in [0.29, 0.717) is 24.7 Å². The van der Waals surface area contributed by atoms with E-state index in [9.17, 15) is 4.79 Å². The van der Waals surface area contributed by atoms with Crippen LogP contribution in [0.25, 0.3) is 0 Å². The molecule has 0 saturated carbocycles. The second kappa shape index (κ2) is 9.23. The smallest absolute Gasteiger partial charge is 0.332 e. The first-order valence-corrected chi connectivity index (χ1v) is 7.55. The molecule has 1 aromatic carbocycles. The maximum Gasteiger partial charge on any atom is 0.332 e. The normalized spacial score (nSPS) is 10.6. The van der Waals surface area contributed by atoms with Crippen LogP contribution >= 0.6 is 15.9 Å². The molecule has 0 fully saturated rings. The number of hydrazone groups is 1. The van der Waals surface area contributed by atoms with Crippen LogP contribution in [0.4, 0.5) is 4.79 Å². The van der Waals surface area contributed by atoms with Gasteiger partial charge in [0.05, 0.1) is 19.4 Å². The van der Waals surface area contributed by atoms with Gasteiger partial charge in [-0.25, -0.2) is 10.2 Å². The number of primary amides is 1. The summed E-state index contributed by atoms with van der Waals surface area (Å²) in [5, 5.41) is 3.73. The molecule has 21 heavy (non-hydrogen) atoms. The van der Waals surface area contributed by atoms with Crippen LogP contribution in [0.1, 0.15) is 32.3 Å². The number of carbonyl (C=O) groups is 1. The number of ether oxygens (including phenoxy) is 2. The Kier molecular flexibility index (Phi) is 7.60. The van der Waals surface area contributed by atoms with Crippen LogP contribution in [0.3, 0.4) is 0 Å². The summed E-state index contributed by atoms with van der Waals surface area (Å²) in [6.07, 6.45) is 3.52. The van der Waals surface area contributed by atoms with Crippen LogP contribution in [0.2, 0.25) is 0 Å². The second-order valence-electron chi connectivity index (χ2n) is 4.19.